The minimum atomic E-state index is -0.652. The van der Waals surface area contributed by atoms with Gasteiger partial charge in [0.05, 0.1) is 0 Å². The summed E-state index contributed by atoms with van der Waals surface area (Å²) in [5.74, 6) is 0.330. The Hall–Kier alpha value is -0.530. The average molecular weight is 313 g/mol. The quantitative estimate of drug-likeness (QED) is 0.294. The fraction of sp³-hybridized carbons (Fsp3) is 0.950. The molecule has 0 aromatic carbocycles. The van der Waals surface area contributed by atoms with Crippen molar-refractivity contribution in [2.24, 2.45) is 5.92 Å². The lowest BCUT2D eigenvalue weighted by molar-refractivity contribution is -0.137. The average Bonchev–Trinajstić information content (AvgIpc) is 2.50. The standard InChI is InChI=1S/C20H40O2/c1-3-5-15-19(16-6-4-2)17-13-11-9-7-8-10-12-14-18-20(21)22/h19H,3-18H2,1-2H3,(H,21,22). The molecule has 0 fully saturated rings. The van der Waals surface area contributed by atoms with Crippen molar-refractivity contribution in [2.45, 2.75) is 117 Å². The molecule has 0 rings (SSSR count). The molecule has 0 radical (unpaired) electrons. The Morgan fingerprint density at radius 1 is 0.682 bits per heavy atom. The van der Waals surface area contributed by atoms with Gasteiger partial charge in [-0.15, -0.1) is 0 Å². The minimum Gasteiger partial charge on any atom is -0.481 e. The predicted molar refractivity (Wildman–Crippen MR) is 96.3 cm³/mol. The van der Waals surface area contributed by atoms with Gasteiger partial charge in [0, 0.05) is 6.42 Å². The van der Waals surface area contributed by atoms with E-state index in [2.05, 4.69) is 13.8 Å². The zero-order chi connectivity index (χ0) is 16.5. The van der Waals surface area contributed by atoms with E-state index in [1.54, 1.807) is 0 Å². The first-order valence-corrected chi connectivity index (χ1v) is 9.92. The summed E-state index contributed by atoms with van der Waals surface area (Å²) in [5.41, 5.74) is 0. The lowest BCUT2D eigenvalue weighted by Crippen LogP contribution is -2.01. The zero-order valence-electron chi connectivity index (χ0n) is 15.2. The largest absolute Gasteiger partial charge is 0.481 e. The van der Waals surface area contributed by atoms with Crippen molar-refractivity contribution >= 4 is 5.97 Å². The van der Waals surface area contributed by atoms with Crippen molar-refractivity contribution in [2.75, 3.05) is 0 Å². The van der Waals surface area contributed by atoms with E-state index in [0.717, 1.165) is 18.8 Å². The first-order chi connectivity index (χ1) is 10.7. The van der Waals surface area contributed by atoms with Crippen molar-refractivity contribution in [3.05, 3.63) is 0 Å². The molecule has 2 nitrogen and oxygen atoms in total. The van der Waals surface area contributed by atoms with Gasteiger partial charge >= 0.3 is 5.97 Å². The number of carbonyl (C=O) groups is 1. The number of hydrogen-bond donors (Lipinski definition) is 1. The third-order valence-electron chi connectivity index (χ3n) is 4.68. The number of rotatable bonds is 17. The highest BCUT2D eigenvalue weighted by Crippen LogP contribution is 2.23. The Morgan fingerprint density at radius 3 is 1.55 bits per heavy atom. The summed E-state index contributed by atoms with van der Waals surface area (Å²) in [4.78, 5) is 10.4. The second-order valence-electron chi connectivity index (χ2n) is 6.91. The first-order valence-electron chi connectivity index (χ1n) is 9.92. The van der Waals surface area contributed by atoms with Crippen molar-refractivity contribution in [1.29, 1.82) is 0 Å². The molecule has 2 heteroatoms. The van der Waals surface area contributed by atoms with Crippen LogP contribution in [0.5, 0.6) is 0 Å². The summed E-state index contributed by atoms with van der Waals surface area (Å²) in [6.07, 6.45) is 20.1. The van der Waals surface area contributed by atoms with Gasteiger partial charge in [0.1, 0.15) is 0 Å². The molecule has 0 saturated heterocycles. The van der Waals surface area contributed by atoms with Gasteiger partial charge < -0.3 is 5.11 Å². The Labute approximate surface area is 139 Å². The van der Waals surface area contributed by atoms with Crippen LogP contribution < -0.4 is 0 Å². The van der Waals surface area contributed by atoms with Gasteiger partial charge in [-0.05, 0) is 12.3 Å². The van der Waals surface area contributed by atoms with E-state index in [-0.39, 0.29) is 0 Å². The molecule has 0 heterocycles. The highest BCUT2D eigenvalue weighted by atomic mass is 16.4. The summed E-state index contributed by atoms with van der Waals surface area (Å²) in [6, 6.07) is 0. The molecule has 0 unspecified atom stereocenters. The topological polar surface area (TPSA) is 37.3 Å². The Kier molecular flexibility index (Phi) is 16.4. The summed E-state index contributed by atoms with van der Waals surface area (Å²) < 4.78 is 0. The second-order valence-corrected chi connectivity index (χ2v) is 6.91. The van der Waals surface area contributed by atoms with Crippen LogP contribution in [0.25, 0.3) is 0 Å². The van der Waals surface area contributed by atoms with Crippen LogP contribution in [0, 0.1) is 5.92 Å². The van der Waals surface area contributed by atoms with E-state index in [9.17, 15) is 4.79 Å². The van der Waals surface area contributed by atoms with Gasteiger partial charge in [-0.3, -0.25) is 4.79 Å². The molecule has 0 atom stereocenters. The van der Waals surface area contributed by atoms with Crippen LogP contribution in [-0.4, -0.2) is 11.1 Å². The zero-order valence-corrected chi connectivity index (χ0v) is 15.2. The van der Waals surface area contributed by atoms with E-state index in [4.69, 9.17) is 5.11 Å². The maximum Gasteiger partial charge on any atom is 0.303 e. The number of carboxylic acids is 1. The highest BCUT2D eigenvalue weighted by molar-refractivity contribution is 5.66. The fourth-order valence-corrected chi connectivity index (χ4v) is 3.19. The number of carboxylic acid groups (broad SMARTS) is 1. The molecule has 0 amide bonds. The van der Waals surface area contributed by atoms with E-state index in [1.807, 2.05) is 0 Å². The van der Waals surface area contributed by atoms with E-state index in [1.165, 1.54) is 83.5 Å². The molecule has 0 spiro atoms. The van der Waals surface area contributed by atoms with Crippen LogP contribution in [0.1, 0.15) is 117 Å². The van der Waals surface area contributed by atoms with Crippen LogP contribution in [0.2, 0.25) is 0 Å². The molecule has 1 N–H and O–H groups in total. The summed E-state index contributed by atoms with van der Waals surface area (Å²) in [7, 11) is 0. The molecule has 0 aromatic heterocycles. The van der Waals surface area contributed by atoms with Crippen LogP contribution in [0.15, 0.2) is 0 Å². The SMILES string of the molecule is CCCCC(CCCC)CCCCCCCCCCC(=O)O. The van der Waals surface area contributed by atoms with Crippen LogP contribution >= 0.6 is 0 Å². The molecule has 0 bridgehead atoms. The van der Waals surface area contributed by atoms with Crippen molar-refractivity contribution in [3.63, 3.8) is 0 Å². The fourth-order valence-electron chi connectivity index (χ4n) is 3.19. The van der Waals surface area contributed by atoms with E-state index < -0.39 is 5.97 Å². The minimum absolute atomic E-state index is 0.344. The van der Waals surface area contributed by atoms with Crippen LogP contribution in [0.3, 0.4) is 0 Å². The molecule has 0 aliphatic rings. The molecule has 0 aliphatic heterocycles. The van der Waals surface area contributed by atoms with Crippen molar-refractivity contribution < 1.29 is 9.90 Å². The van der Waals surface area contributed by atoms with E-state index in [0.29, 0.717) is 6.42 Å². The van der Waals surface area contributed by atoms with Gasteiger partial charge in [-0.2, -0.15) is 0 Å². The number of hydrogen-bond acceptors (Lipinski definition) is 1. The smallest absolute Gasteiger partial charge is 0.303 e. The monoisotopic (exact) mass is 312 g/mol. The molecule has 132 valence electrons. The number of unbranched alkanes of at least 4 members (excludes halogenated alkanes) is 9. The molecule has 0 saturated carbocycles. The van der Waals surface area contributed by atoms with Gasteiger partial charge in [0.25, 0.3) is 0 Å². The lowest BCUT2D eigenvalue weighted by atomic mass is 9.90. The summed E-state index contributed by atoms with van der Waals surface area (Å²) in [5, 5.41) is 8.57. The molecular weight excluding hydrogens is 272 g/mol. The Bertz CT molecular complexity index is 230. The van der Waals surface area contributed by atoms with Gasteiger partial charge in [-0.25, -0.2) is 0 Å². The maximum absolute atomic E-state index is 10.4. The van der Waals surface area contributed by atoms with Crippen molar-refractivity contribution in [3.8, 4) is 0 Å². The molecule has 0 aliphatic carbocycles. The third kappa shape index (κ3) is 15.9. The molecular formula is C20H40O2. The Morgan fingerprint density at radius 2 is 1.09 bits per heavy atom. The molecule has 22 heavy (non-hydrogen) atoms. The maximum atomic E-state index is 10.4. The van der Waals surface area contributed by atoms with Crippen LogP contribution in [-0.2, 0) is 4.79 Å². The normalized spacial score (nSPS) is 11.2. The second kappa shape index (κ2) is 16.8. The predicted octanol–water partition coefficient (Wildman–Crippen LogP) is 6.97. The number of aliphatic carboxylic acids is 1. The van der Waals surface area contributed by atoms with Crippen molar-refractivity contribution in [1.82, 2.24) is 0 Å². The Balaban J connectivity index is 3.38. The highest BCUT2D eigenvalue weighted by Gasteiger charge is 2.07. The first kappa shape index (κ1) is 21.5. The van der Waals surface area contributed by atoms with Gasteiger partial charge in [0.15, 0.2) is 0 Å². The van der Waals surface area contributed by atoms with Crippen LogP contribution in [0.4, 0.5) is 0 Å². The van der Waals surface area contributed by atoms with Gasteiger partial charge in [-0.1, -0.05) is 104 Å². The van der Waals surface area contributed by atoms with Gasteiger partial charge in [0.2, 0.25) is 0 Å². The summed E-state index contributed by atoms with van der Waals surface area (Å²) in [6.45, 7) is 4.60. The van der Waals surface area contributed by atoms with E-state index >= 15 is 0 Å². The molecule has 0 aromatic rings. The third-order valence-corrected chi connectivity index (χ3v) is 4.68. The lowest BCUT2D eigenvalue weighted by Gasteiger charge is -2.16. The summed E-state index contributed by atoms with van der Waals surface area (Å²) >= 11 is 0.